The first-order valence-electron chi connectivity index (χ1n) is 8.25. The summed E-state index contributed by atoms with van der Waals surface area (Å²) in [4.78, 5) is 26.4. The Morgan fingerprint density at radius 3 is 3.00 bits per heavy atom. The first-order chi connectivity index (χ1) is 11.1. The zero-order valence-corrected chi connectivity index (χ0v) is 13.0. The van der Waals surface area contributed by atoms with Crippen LogP contribution < -0.4 is 0 Å². The zero-order chi connectivity index (χ0) is 16.0. The summed E-state index contributed by atoms with van der Waals surface area (Å²) in [6, 6.07) is 0. The molecule has 124 valence electrons. The van der Waals surface area contributed by atoms with E-state index < -0.39 is 11.4 Å². The molecule has 7 heteroatoms. The largest absolute Gasteiger partial charge is 0.481 e. The van der Waals surface area contributed by atoms with Gasteiger partial charge in [0.05, 0.1) is 29.5 Å². The van der Waals surface area contributed by atoms with Crippen LogP contribution >= 0.6 is 0 Å². The molecule has 0 radical (unpaired) electrons. The number of hydrogen-bond acceptors (Lipinski definition) is 4. The average molecular weight is 319 g/mol. The van der Waals surface area contributed by atoms with Gasteiger partial charge in [0.1, 0.15) is 0 Å². The number of aromatic nitrogens is 2. The molecule has 2 aliphatic heterocycles. The maximum atomic E-state index is 12.9. The molecule has 1 aromatic rings. The fraction of sp³-hybridized carbons (Fsp3) is 0.688. The van der Waals surface area contributed by atoms with Crippen LogP contribution in [0.5, 0.6) is 0 Å². The van der Waals surface area contributed by atoms with Gasteiger partial charge in [0.15, 0.2) is 0 Å². The van der Waals surface area contributed by atoms with Crippen LogP contribution in [-0.2, 0) is 9.53 Å². The summed E-state index contributed by atoms with van der Waals surface area (Å²) in [6.45, 7) is 2.16. The minimum atomic E-state index is -0.757. The molecule has 1 aromatic heterocycles. The molecule has 1 saturated carbocycles. The highest BCUT2D eigenvalue weighted by molar-refractivity contribution is 5.96. The number of aliphatic carboxylic acids is 1. The maximum absolute atomic E-state index is 12.9. The van der Waals surface area contributed by atoms with E-state index in [1.807, 2.05) is 0 Å². The number of carbonyl (C=O) groups excluding carboxylic acids is 1. The molecule has 2 N–H and O–H groups in total. The number of likely N-dealkylation sites (tertiary alicyclic amines) is 1. The van der Waals surface area contributed by atoms with Crippen LogP contribution in [0.4, 0.5) is 0 Å². The number of carboxylic acids is 1. The maximum Gasteiger partial charge on any atom is 0.311 e. The molecule has 0 aromatic carbocycles. The number of aromatic amines is 1. The molecule has 4 rings (SSSR count). The van der Waals surface area contributed by atoms with Gasteiger partial charge in [-0.15, -0.1) is 0 Å². The van der Waals surface area contributed by atoms with Gasteiger partial charge in [-0.2, -0.15) is 5.10 Å². The van der Waals surface area contributed by atoms with E-state index in [4.69, 9.17) is 4.74 Å². The highest BCUT2D eigenvalue weighted by atomic mass is 16.5. The molecule has 0 bridgehead atoms. The predicted molar refractivity (Wildman–Crippen MR) is 80.1 cm³/mol. The van der Waals surface area contributed by atoms with E-state index >= 15 is 0 Å². The Morgan fingerprint density at radius 1 is 1.43 bits per heavy atom. The van der Waals surface area contributed by atoms with Gasteiger partial charge < -0.3 is 14.7 Å². The summed E-state index contributed by atoms with van der Waals surface area (Å²) < 4.78 is 5.40. The molecule has 3 aliphatic rings. The Balaban J connectivity index is 1.57. The van der Waals surface area contributed by atoms with Gasteiger partial charge in [-0.25, -0.2) is 0 Å². The number of carboxylic acid groups (broad SMARTS) is 1. The van der Waals surface area contributed by atoms with E-state index in [0.717, 1.165) is 25.0 Å². The fourth-order valence-electron chi connectivity index (χ4n) is 4.50. The van der Waals surface area contributed by atoms with Crippen LogP contribution in [0.1, 0.15) is 47.7 Å². The Kier molecular flexibility index (Phi) is 3.41. The number of H-pyrrole nitrogens is 1. The fourth-order valence-corrected chi connectivity index (χ4v) is 4.50. The van der Waals surface area contributed by atoms with Crippen LogP contribution in [-0.4, -0.2) is 58.4 Å². The van der Waals surface area contributed by atoms with Crippen molar-refractivity contribution < 1.29 is 19.4 Å². The van der Waals surface area contributed by atoms with Crippen LogP contribution in [0, 0.1) is 11.3 Å². The van der Waals surface area contributed by atoms with Crippen LogP contribution in [0.25, 0.3) is 0 Å². The monoisotopic (exact) mass is 319 g/mol. The van der Waals surface area contributed by atoms with Crippen molar-refractivity contribution in [3.63, 3.8) is 0 Å². The van der Waals surface area contributed by atoms with Gasteiger partial charge in [0.25, 0.3) is 5.91 Å². The minimum absolute atomic E-state index is 0.0779. The number of hydrogen-bond donors (Lipinski definition) is 2. The summed E-state index contributed by atoms with van der Waals surface area (Å²) in [5.41, 5.74) is 0.658. The van der Waals surface area contributed by atoms with E-state index in [1.54, 1.807) is 11.1 Å². The average Bonchev–Trinajstić information content (AvgIpc) is 3.27. The number of amides is 1. The number of carbonyl (C=O) groups is 2. The number of fused-ring (bicyclic) bond motifs is 1. The van der Waals surface area contributed by atoms with Crippen LogP contribution in [0.2, 0.25) is 0 Å². The Hall–Kier alpha value is -1.89. The second-order valence-corrected chi connectivity index (χ2v) is 6.99. The van der Waals surface area contributed by atoms with Crippen LogP contribution in [0.3, 0.4) is 0 Å². The summed E-state index contributed by atoms with van der Waals surface area (Å²) in [5, 5.41) is 16.6. The van der Waals surface area contributed by atoms with Crippen molar-refractivity contribution in [1.29, 1.82) is 0 Å². The standard InChI is InChI=1S/C16H21N3O4/c20-14(12-6-17-18-13(12)10-3-5-23-8-10)19-7-11-2-1-4-16(11,9-19)15(21)22/h6,10-11H,1-5,7-9H2,(H,17,18)(H,21,22)/t10?,11-,16+/m0/s1. The smallest absolute Gasteiger partial charge is 0.311 e. The summed E-state index contributed by atoms with van der Waals surface area (Å²) in [7, 11) is 0. The van der Waals surface area contributed by atoms with E-state index in [0.29, 0.717) is 38.3 Å². The molecule has 1 amide bonds. The third kappa shape index (κ3) is 2.17. The van der Waals surface area contributed by atoms with Gasteiger partial charge in [0, 0.05) is 25.6 Å². The minimum Gasteiger partial charge on any atom is -0.481 e. The van der Waals surface area contributed by atoms with Crippen molar-refractivity contribution in [2.24, 2.45) is 11.3 Å². The lowest BCUT2D eigenvalue weighted by Crippen LogP contribution is -2.37. The Labute approximate surface area is 134 Å². The normalized spacial score (nSPS) is 33.1. The van der Waals surface area contributed by atoms with Crippen molar-refractivity contribution in [3.05, 3.63) is 17.5 Å². The lowest BCUT2D eigenvalue weighted by molar-refractivity contribution is -0.149. The van der Waals surface area contributed by atoms with Crippen molar-refractivity contribution in [2.75, 3.05) is 26.3 Å². The van der Waals surface area contributed by atoms with E-state index in [-0.39, 0.29) is 17.7 Å². The SMILES string of the molecule is O=C(c1cn[nH]c1C1CCOC1)N1C[C@@H]2CCC[C@@]2(C(=O)O)C1. The molecule has 1 aliphatic carbocycles. The number of rotatable bonds is 3. The highest BCUT2D eigenvalue weighted by Gasteiger charge is 2.56. The second-order valence-electron chi connectivity index (χ2n) is 6.99. The van der Waals surface area contributed by atoms with Gasteiger partial charge in [-0.05, 0) is 25.2 Å². The van der Waals surface area contributed by atoms with Crippen molar-refractivity contribution in [2.45, 2.75) is 31.6 Å². The van der Waals surface area contributed by atoms with Crippen molar-refractivity contribution in [3.8, 4) is 0 Å². The van der Waals surface area contributed by atoms with Gasteiger partial charge in [-0.3, -0.25) is 14.7 Å². The summed E-state index contributed by atoms with van der Waals surface area (Å²) in [5.74, 6) is -0.608. The lowest BCUT2D eigenvalue weighted by atomic mass is 9.81. The molecule has 23 heavy (non-hydrogen) atoms. The molecular formula is C16H21N3O4. The second kappa shape index (κ2) is 5.33. The topological polar surface area (TPSA) is 95.5 Å². The zero-order valence-electron chi connectivity index (χ0n) is 13.0. The number of ether oxygens (including phenoxy) is 1. The Morgan fingerprint density at radius 2 is 2.30 bits per heavy atom. The molecule has 2 saturated heterocycles. The predicted octanol–water partition coefficient (Wildman–Crippen LogP) is 1.24. The van der Waals surface area contributed by atoms with Crippen LogP contribution in [0.15, 0.2) is 6.20 Å². The van der Waals surface area contributed by atoms with E-state index in [2.05, 4.69) is 10.2 Å². The van der Waals surface area contributed by atoms with Gasteiger partial charge in [0.2, 0.25) is 0 Å². The van der Waals surface area contributed by atoms with Gasteiger partial charge >= 0.3 is 5.97 Å². The molecular weight excluding hydrogens is 298 g/mol. The highest BCUT2D eigenvalue weighted by Crippen LogP contribution is 2.49. The summed E-state index contributed by atoms with van der Waals surface area (Å²) >= 11 is 0. The first kappa shape index (κ1) is 14.7. The van der Waals surface area contributed by atoms with Gasteiger partial charge in [-0.1, -0.05) is 6.42 Å². The molecule has 0 spiro atoms. The molecule has 1 unspecified atom stereocenters. The lowest BCUT2D eigenvalue weighted by Gasteiger charge is -2.23. The van der Waals surface area contributed by atoms with E-state index in [9.17, 15) is 14.7 Å². The quantitative estimate of drug-likeness (QED) is 0.874. The molecule has 3 fully saturated rings. The molecule has 7 nitrogen and oxygen atoms in total. The van der Waals surface area contributed by atoms with E-state index in [1.165, 1.54) is 0 Å². The van der Waals surface area contributed by atoms with Crippen molar-refractivity contribution in [1.82, 2.24) is 15.1 Å². The third-order valence-electron chi connectivity index (χ3n) is 5.82. The number of nitrogens with zero attached hydrogens (tertiary/aromatic N) is 2. The molecule has 3 atom stereocenters. The third-order valence-corrected chi connectivity index (χ3v) is 5.82. The summed E-state index contributed by atoms with van der Waals surface area (Å²) in [6.07, 6.45) is 4.95. The Bertz CT molecular complexity index is 637. The van der Waals surface area contributed by atoms with Crippen molar-refractivity contribution >= 4 is 11.9 Å². The first-order valence-corrected chi connectivity index (χ1v) is 8.25. The number of nitrogens with one attached hydrogen (secondary N) is 1. The molecule has 3 heterocycles.